The van der Waals surface area contributed by atoms with E-state index >= 15 is 0 Å². The van der Waals surface area contributed by atoms with Crippen LogP contribution in [-0.4, -0.2) is 46.0 Å². The number of guanidine groups is 1. The SMILES string of the molecule is CCC1(CC)CN(C(=NC)NCC2CCS(=O)(=O)C2)c2ccccc21.I. The summed E-state index contributed by atoms with van der Waals surface area (Å²) in [5.41, 5.74) is 2.77. The Morgan fingerprint density at radius 1 is 1.31 bits per heavy atom. The third-order valence-electron chi connectivity index (χ3n) is 5.92. The fourth-order valence-electron chi connectivity index (χ4n) is 4.24. The van der Waals surface area contributed by atoms with Gasteiger partial charge in [0.05, 0.1) is 11.5 Å². The molecule has 0 amide bonds. The average molecular weight is 491 g/mol. The van der Waals surface area contributed by atoms with E-state index in [4.69, 9.17) is 0 Å². The summed E-state index contributed by atoms with van der Waals surface area (Å²) in [7, 11) is -1.04. The lowest BCUT2D eigenvalue weighted by Crippen LogP contribution is -2.45. The van der Waals surface area contributed by atoms with Crippen LogP contribution >= 0.6 is 24.0 Å². The van der Waals surface area contributed by atoms with E-state index in [0.29, 0.717) is 18.1 Å². The second kappa shape index (κ2) is 8.46. The van der Waals surface area contributed by atoms with Crippen LogP contribution in [0.25, 0.3) is 0 Å². The standard InChI is InChI=1S/C19H29N3O2S.HI/c1-4-19(5-2)14-22(17-9-7-6-8-16(17)19)18(20-3)21-12-15-10-11-25(23,24)13-15;/h6-9,15H,4-5,10-14H2,1-3H3,(H,20,21);1H. The molecule has 3 rings (SSSR count). The van der Waals surface area contributed by atoms with Gasteiger partial charge in [-0.1, -0.05) is 32.0 Å². The number of rotatable bonds is 4. The molecule has 0 radical (unpaired) electrons. The lowest BCUT2D eigenvalue weighted by Gasteiger charge is -2.29. The minimum absolute atomic E-state index is 0. The van der Waals surface area contributed by atoms with Crippen molar-refractivity contribution in [2.24, 2.45) is 10.9 Å². The van der Waals surface area contributed by atoms with Gasteiger partial charge in [-0.15, -0.1) is 24.0 Å². The molecule has 1 N–H and O–H groups in total. The highest BCUT2D eigenvalue weighted by atomic mass is 127. The number of halogens is 1. The van der Waals surface area contributed by atoms with Crippen LogP contribution in [0.1, 0.15) is 38.7 Å². The highest BCUT2D eigenvalue weighted by Gasteiger charge is 2.41. The van der Waals surface area contributed by atoms with Gasteiger partial charge in [0.2, 0.25) is 0 Å². The Bertz CT molecular complexity index is 760. The zero-order valence-electron chi connectivity index (χ0n) is 15.9. The fraction of sp³-hybridized carbons (Fsp3) is 0.632. The molecule has 1 fully saturated rings. The summed E-state index contributed by atoms with van der Waals surface area (Å²) in [5, 5.41) is 3.43. The highest BCUT2D eigenvalue weighted by Crippen LogP contribution is 2.44. The number of anilines is 1. The van der Waals surface area contributed by atoms with E-state index < -0.39 is 9.84 Å². The minimum Gasteiger partial charge on any atom is -0.356 e. The molecule has 1 aromatic carbocycles. The molecule has 1 aromatic rings. The van der Waals surface area contributed by atoms with Gasteiger partial charge in [-0.05, 0) is 36.8 Å². The molecule has 2 aliphatic rings. The predicted octanol–water partition coefficient (Wildman–Crippen LogP) is 3.19. The molecular weight excluding hydrogens is 461 g/mol. The van der Waals surface area contributed by atoms with E-state index in [9.17, 15) is 8.42 Å². The summed E-state index contributed by atoms with van der Waals surface area (Å²) < 4.78 is 23.3. The molecule has 26 heavy (non-hydrogen) atoms. The number of benzene rings is 1. The third kappa shape index (κ3) is 4.03. The van der Waals surface area contributed by atoms with Crippen molar-refractivity contribution in [3.05, 3.63) is 29.8 Å². The Morgan fingerprint density at radius 3 is 2.58 bits per heavy atom. The van der Waals surface area contributed by atoms with Crippen molar-refractivity contribution < 1.29 is 8.42 Å². The summed E-state index contributed by atoms with van der Waals surface area (Å²) in [6, 6.07) is 8.58. The first kappa shape index (κ1) is 21.5. The number of hydrogen-bond donors (Lipinski definition) is 1. The number of sulfone groups is 1. The maximum atomic E-state index is 11.7. The van der Waals surface area contributed by atoms with Crippen molar-refractivity contribution in [3.63, 3.8) is 0 Å². The highest BCUT2D eigenvalue weighted by molar-refractivity contribution is 14.0. The van der Waals surface area contributed by atoms with Crippen LogP contribution in [0.4, 0.5) is 5.69 Å². The van der Waals surface area contributed by atoms with Crippen LogP contribution in [0.3, 0.4) is 0 Å². The average Bonchev–Trinajstić information content (AvgIpc) is 3.14. The molecule has 0 aliphatic carbocycles. The van der Waals surface area contributed by atoms with Crippen LogP contribution in [0.2, 0.25) is 0 Å². The first-order valence-electron chi connectivity index (χ1n) is 9.23. The van der Waals surface area contributed by atoms with Crippen LogP contribution in [0.15, 0.2) is 29.3 Å². The maximum absolute atomic E-state index is 11.7. The van der Waals surface area contributed by atoms with Crippen LogP contribution < -0.4 is 10.2 Å². The lowest BCUT2D eigenvalue weighted by atomic mass is 9.78. The molecule has 0 saturated carbocycles. The van der Waals surface area contributed by atoms with E-state index in [0.717, 1.165) is 31.8 Å². The number of aliphatic imine (C=N–C) groups is 1. The molecule has 2 heterocycles. The normalized spacial score (nSPS) is 23.4. The Balaban J connectivity index is 0.00000243. The molecule has 1 atom stereocenters. The summed E-state index contributed by atoms with van der Waals surface area (Å²) in [6.45, 7) is 6.09. The van der Waals surface area contributed by atoms with Crippen LogP contribution in [0.5, 0.6) is 0 Å². The summed E-state index contributed by atoms with van der Waals surface area (Å²) in [4.78, 5) is 6.75. The monoisotopic (exact) mass is 491 g/mol. The second-order valence-corrected chi connectivity index (χ2v) is 9.52. The van der Waals surface area contributed by atoms with E-state index in [1.165, 1.54) is 11.3 Å². The number of nitrogens with one attached hydrogen (secondary N) is 1. The largest absolute Gasteiger partial charge is 0.356 e. The van der Waals surface area contributed by atoms with E-state index in [1.807, 2.05) is 0 Å². The predicted molar refractivity (Wildman–Crippen MR) is 120 cm³/mol. The van der Waals surface area contributed by atoms with Crippen LogP contribution in [-0.2, 0) is 15.3 Å². The van der Waals surface area contributed by atoms with Crippen molar-refractivity contribution >= 4 is 45.5 Å². The molecule has 1 saturated heterocycles. The molecule has 1 unspecified atom stereocenters. The van der Waals surface area contributed by atoms with Crippen molar-refractivity contribution in [2.75, 3.05) is 36.5 Å². The lowest BCUT2D eigenvalue weighted by molar-refractivity contribution is 0.428. The smallest absolute Gasteiger partial charge is 0.198 e. The number of para-hydroxylation sites is 1. The summed E-state index contributed by atoms with van der Waals surface area (Å²) >= 11 is 0. The van der Waals surface area contributed by atoms with E-state index in [-0.39, 0.29) is 35.3 Å². The van der Waals surface area contributed by atoms with Gasteiger partial charge in [-0.2, -0.15) is 0 Å². The van der Waals surface area contributed by atoms with Gasteiger partial charge in [-0.25, -0.2) is 8.42 Å². The van der Waals surface area contributed by atoms with E-state index in [1.54, 1.807) is 7.05 Å². The van der Waals surface area contributed by atoms with Crippen LogP contribution in [0, 0.1) is 5.92 Å². The molecule has 0 aromatic heterocycles. The minimum atomic E-state index is -2.84. The Kier molecular flexibility index (Phi) is 6.98. The second-order valence-electron chi connectivity index (χ2n) is 7.29. The van der Waals surface area contributed by atoms with Crippen molar-refractivity contribution in [1.82, 2.24) is 5.32 Å². The van der Waals surface area contributed by atoms with Gasteiger partial charge in [0, 0.05) is 31.2 Å². The molecule has 0 bridgehead atoms. The van der Waals surface area contributed by atoms with Crippen molar-refractivity contribution in [3.8, 4) is 0 Å². The molecule has 5 nitrogen and oxygen atoms in total. The van der Waals surface area contributed by atoms with Gasteiger partial charge < -0.3 is 10.2 Å². The number of hydrogen-bond acceptors (Lipinski definition) is 3. The molecule has 146 valence electrons. The Labute approximate surface area is 174 Å². The number of nitrogens with zero attached hydrogens (tertiary/aromatic N) is 2. The molecular formula is C19H30IN3O2S. The van der Waals surface area contributed by atoms with Gasteiger partial charge >= 0.3 is 0 Å². The maximum Gasteiger partial charge on any atom is 0.198 e. The fourth-order valence-corrected chi connectivity index (χ4v) is 6.10. The van der Waals surface area contributed by atoms with Gasteiger partial charge in [0.1, 0.15) is 0 Å². The Hall–Kier alpha value is -0.830. The molecule has 7 heteroatoms. The van der Waals surface area contributed by atoms with Gasteiger partial charge in [-0.3, -0.25) is 4.99 Å². The van der Waals surface area contributed by atoms with Crippen molar-refractivity contribution in [2.45, 2.75) is 38.5 Å². The summed E-state index contributed by atoms with van der Waals surface area (Å²) in [6.07, 6.45) is 2.93. The first-order valence-corrected chi connectivity index (χ1v) is 11.0. The quantitative estimate of drug-likeness (QED) is 0.399. The van der Waals surface area contributed by atoms with Gasteiger partial charge in [0.25, 0.3) is 0 Å². The Morgan fingerprint density at radius 2 is 2.00 bits per heavy atom. The van der Waals surface area contributed by atoms with E-state index in [2.05, 4.69) is 53.3 Å². The molecule has 2 aliphatic heterocycles. The zero-order valence-corrected chi connectivity index (χ0v) is 19.0. The van der Waals surface area contributed by atoms with Gasteiger partial charge in [0.15, 0.2) is 15.8 Å². The first-order chi connectivity index (χ1) is 11.9. The topological polar surface area (TPSA) is 61.8 Å². The number of fused-ring (bicyclic) bond motifs is 1. The summed E-state index contributed by atoms with van der Waals surface area (Å²) in [5.74, 6) is 1.64. The zero-order chi connectivity index (χ0) is 18.1. The van der Waals surface area contributed by atoms with Crippen molar-refractivity contribution in [1.29, 1.82) is 0 Å². The molecule has 0 spiro atoms. The third-order valence-corrected chi connectivity index (χ3v) is 7.76.